The molecule has 3 N–H and O–H groups in total. The van der Waals surface area contributed by atoms with E-state index in [-0.39, 0.29) is 16.8 Å². The quantitative estimate of drug-likeness (QED) is 0.458. The van der Waals surface area contributed by atoms with Gasteiger partial charge in [0, 0.05) is 19.7 Å². The summed E-state index contributed by atoms with van der Waals surface area (Å²) >= 11 is 0. The van der Waals surface area contributed by atoms with Gasteiger partial charge < -0.3 is 15.4 Å². The minimum absolute atomic E-state index is 0.203. The third-order valence-electron chi connectivity index (χ3n) is 3.85. The predicted molar refractivity (Wildman–Crippen MR) is 107 cm³/mol. The summed E-state index contributed by atoms with van der Waals surface area (Å²) in [6, 6.07) is 12.6. The first kappa shape index (κ1) is 21.6. The highest BCUT2D eigenvalue weighted by molar-refractivity contribution is 7.89. The number of aliphatic imine (C=N–C) groups is 1. The monoisotopic (exact) mass is 408 g/mol. The van der Waals surface area contributed by atoms with Crippen LogP contribution in [0.1, 0.15) is 12.5 Å². The summed E-state index contributed by atoms with van der Waals surface area (Å²) in [5, 5.41) is 6.24. The number of sulfonamides is 1. The van der Waals surface area contributed by atoms with E-state index >= 15 is 0 Å². The first-order valence-electron chi connectivity index (χ1n) is 8.73. The molecule has 1 unspecified atom stereocenters. The van der Waals surface area contributed by atoms with Crippen LogP contribution in [0, 0.1) is 5.82 Å². The van der Waals surface area contributed by atoms with E-state index in [1.807, 2.05) is 13.0 Å². The number of benzene rings is 2. The summed E-state index contributed by atoms with van der Waals surface area (Å²) < 4.78 is 44.9. The highest BCUT2D eigenvalue weighted by atomic mass is 32.2. The molecule has 2 rings (SSSR count). The fraction of sp³-hybridized carbons (Fsp3) is 0.316. The molecule has 0 amide bonds. The molecule has 0 fully saturated rings. The summed E-state index contributed by atoms with van der Waals surface area (Å²) in [4.78, 5) is 4.33. The lowest BCUT2D eigenvalue weighted by molar-refractivity contribution is 0.223. The van der Waals surface area contributed by atoms with Crippen molar-refractivity contribution in [3.05, 3.63) is 59.9 Å². The molecule has 1 atom stereocenters. The molecule has 2 aromatic carbocycles. The normalized spacial score (nSPS) is 13.1. The van der Waals surface area contributed by atoms with Crippen molar-refractivity contribution >= 4 is 16.0 Å². The standard InChI is InChI=1S/C19H25FN4O3S/c1-14(27-17-8-5-7-16(20)11-17)12-23-19(21-2)24-13-15-6-4-9-18(10-15)28(25,26)22-3/h4-11,14,22H,12-13H2,1-3H3,(H2,21,23,24). The molecule has 0 aliphatic rings. The first-order valence-corrected chi connectivity index (χ1v) is 10.2. The lowest BCUT2D eigenvalue weighted by Crippen LogP contribution is -2.41. The average molecular weight is 408 g/mol. The number of guanidine groups is 1. The fourth-order valence-electron chi connectivity index (χ4n) is 2.40. The maximum atomic E-state index is 13.2. The number of nitrogens with one attached hydrogen (secondary N) is 3. The van der Waals surface area contributed by atoms with Gasteiger partial charge >= 0.3 is 0 Å². The lowest BCUT2D eigenvalue weighted by Gasteiger charge is -2.18. The van der Waals surface area contributed by atoms with Crippen LogP contribution in [0.4, 0.5) is 4.39 Å². The molecule has 0 spiro atoms. The largest absolute Gasteiger partial charge is 0.489 e. The Morgan fingerprint density at radius 3 is 2.61 bits per heavy atom. The van der Waals surface area contributed by atoms with Gasteiger partial charge in [0.05, 0.1) is 11.4 Å². The van der Waals surface area contributed by atoms with E-state index < -0.39 is 10.0 Å². The highest BCUT2D eigenvalue weighted by Crippen LogP contribution is 2.13. The number of halogens is 1. The van der Waals surface area contributed by atoms with Crippen LogP contribution in [0.2, 0.25) is 0 Å². The van der Waals surface area contributed by atoms with Crippen molar-refractivity contribution < 1.29 is 17.5 Å². The van der Waals surface area contributed by atoms with Crippen molar-refractivity contribution in [2.24, 2.45) is 4.99 Å². The van der Waals surface area contributed by atoms with E-state index in [0.717, 1.165) is 5.56 Å². The fourth-order valence-corrected chi connectivity index (χ4v) is 3.20. The van der Waals surface area contributed by atoms with Crippen LogP contribution in [-0.4, -0.2) is 41.1 Å². The molecule has 28 heavy (non-hydrogen) atoms. The molecular weight excluding hydrogens is 383 g/mol. The van der Waals surface area contributed by atoms with Crippen LogP contribution in [-0.2, 0) is 16.6 Å². The van der Waals surface area contributed by atoms with Gasteiger partial charge in [0.15, 0.2) is 5.96 Å². The van der Waals surface area contributed by atoms with Crippen LogP contribution in [0.3, 0.4) is 0 Å². The zero-order chi connectivity index (χ0) is 20.6. The van der Waals surface area contributed by atoms with Crippen molar-refractivity contribution in [1.29, 1.82) is 0 Å². The maximum absolute atomic E-state index is 13.2. The van der Waals surface area contributed by atoms with Gasteiger partial charge in [-0.25, -0.2) is 17.5 Å². The van der Waals surface area contributed by atoms with Crippen LogP contribution in [0.15, 0.2) is 58.4 Å². The molecule has 152 valence electrons. The van der Waals surface area contributed by atoms with Gasteiger partial charge in [-0.1, -0.05) is 18.2 Å². The molecule has 0 saturated carbocycles. The number of hydrogen-bond acceptors (Lipinski definition) is 4. The Hall–Kier alpha value is -2.65. The molecule has 0 heterocycles. The van der Waals surface area contributed by atoms with E-state index in [0.29, 0.717) is 24.8 Å². The Labute approximate surface area is 165 Å². The third kappa shape index (κ3) is 6.50. The molecule has 0 bridgehead atoms. The molecule has 0 saturated heterocycles. The summed E-state index contributed by atoms with van der Waals surface area (Å²) in [5.41, 5.74) is 0.795. The lowest BCUT2D eigenvalue weighted by atomic mass is 10.2. The number of rotatable bonds is 8. The minimum Gasteiger partial charge on any atom is -0.489 e. The zero-order valence-corrected chi connectivity index (χ0v) is 16.9. The Balaban J connectivity index is 1.87. The molecule has 0 aromatic heterocycles. The Kier molecular flexibility index (Phi) is 7.77. The van der Waals surface area contributed by atoms with Crippen molar-refractivity contribution in [2.45, 2.75) is 24.5 Å². The van der Waals surface area contributed by atoms with Gasteiger partial charge in [0.2, 0.25) is 10.0 Å². The predicted octanol–water partition coefficient (Wildman–Crippen LogP) is 1.87. The van der Waals surface area contributed by atoms with Crippen molar-refractivity contribution in [3.63, 3.8) is 0 Å². The summed E-state index contributed by atoms with van der Waals surface area (Å²) in [5.74, 6) is 0.647. The van der Waals surface area contributed by atoms with Gasteiger partial charge in [-0.05, 0) is 43.8 Å². The van der Waals surface area contributed by atoms with Crippen LogP contribution >= 0.6 is 0 Å². The first-order chi connectivity index (χ1) is 13.3. The number of ether oxygens (including phenoxy) is 1. The second kappa shape index (κ2) is 10.0. The zero-order valence-electron chi connectivity index (χ0n) is 16.1. The molecular formula is C19H25FN4O3S. The molecule has 0 aliphatic carbocycles. The smallest absolute Gasteiger partial charge is 0.240 e. The van der Waals surface area contributed by atoms with E-state index in [1.54, 1.807) is 31.3 Å². The highest BCUT2D eigenvalue weighted by Gasteiger charge is 2.11. The molecule has 7 nitrogen and oxygen atoms in total. The Morgan fingerprint density at radius 2 is 1.93 bits per heavy atom. The second-order valence-corrected chi connectivity index (χ2v) is 7.93. The Bertz CT molecular complexity index is 919. The van der Waals surface area contributed by atoms with Crippen molar-refractivity contribution in [2.75, 3.05) is 20.6 Å². The average Bonchev–Trinajstić information content (AvgIpc) is 2.68. The summed E-state index contributed by atoms with van der Waals surface area (Å²) in [6.45, 7) is 2.70. The van der Waals surface area contributed by atoms with Crippen LogP contribution in [0.5, 0.6) is 5.75 Å². The topological polar surface area (TPSA) is 91.8 Å². The van der Waals surface area contributed by atoms with Crippen molar-refractivity contribution in [1.82, 2.24) is 15.4 Å². The second-order valence-electron chi connectivity index (χ2n) is 6.05. The van der Waals surface area contributed by atoms with E-state index in [1.165, 1.54) is 25.2 Å². The summed E-state index contributed by atoms with van der Waals surface area (Å²) in [7, 11) is -0.478. The molecule has 2 aromatic rings. The van der Waals surface area contributed by atoms with Crippen LogP contribution < -0.4 is 20.1 Å². The number of hydrogen-bond donors (Lipinski definition) is 3. The maximum Gasteiger partial charge on any atom is 0.240 e. The molecule has 0 radical (unpaired) electrons. The van der Waals surface area contributed by atoms with Gasteiger partial charge in [-0.2, -0.15) is 0 Å². The third-order valence-corrected chi connectivity index (χ3v) is 5.26. The SMILES string of the molecule is CN=C(NCc1cccc(S(=O)(=O)NC)c1)NCC(C)Oc1cccc(F)c1. The number of nitrogens with zero attached hydrogens (tertiary/aromatic N) is 1. The van der Waals surface area contributed by atoms with E-state index in [2.05, 4.69) is 20.3 Å². The van der Waals surface area contributed by atoms with E-state index in [9.17, 15) is 12.8 Å². The molecule has 0 aliphatic heterocycles. The van der Waals surface area contributed by atoms with Gasteiger partial charge in [-0.3, -0.25) is 4.99 Å². The van der Waals surface area contributed by atoms with Crippen molar-refractivity contribution in [3.8, 4) is 5.75 Å². The minimum atomic E-state index is -3.49. The summed E-state index contributed by atoms with van der Waals surface area (Å²) in [6.07, 6.45) is -0.218. The van der Waals surface area contributed by atoms with Gasteiger partial charge in [0.1, 0.15) is 17.7 Å². The molecule has 9 heteroatoms. The van der Waals surface area contributed by atoms with Crippen LogP contribution in [0.25, 0.3) is 0 Å². The Morgan fingerprint density at radius 1 is 1.18 bits per heavy atom. The van der Waals surface area contributed by atoms with E-state index in [4.69, 9.17) is 4.74 Å². The van der Waals surface area contributed by atoms with Gasteiger partial charge in [-0.15, -0.1) is 0 Å². The van der Waals surface area contributed by atoms with Gasteiger partial charge in [0.25, 0.3) is 0 Å².